The van der Waals surface area contributed by atoms with Gasteiger partial charge in [0.15, 0.2) is 4.34 Å². The lowest BCUT2D eigenvalue weighted by Crippen LogP contribution is -2.27. The molecule has 146 valence electrons. The van der Waals surface area contributed by atoms with E-state index in [1.165, 1.54) is 35.2 Å². The topological polar surface area (TPSA) is 141 Å². The lowest BCUT2D eigenvalue weighted by molar-refractivity contribution is -0.120. The van der Waals surface area contributed by atoms with E-state index in [-0.39, 0.29) is 17.3 Å². The second-order valence-corrected chi connectivity index (χ2v) is 9.64. The highest BCUT2D eigenvalue weighted by Crippen LogP contribution is 2.37. The number of benzene rings is 2. The second kappa shape index (κ2) is 8.69. The van der Waals surface area contributed by atoms with Gasteiger partial charge in [0.25, 0.3) is 0 Å². The molecule has 1 heterocycles. The summed E-state index contributed by atoms with van der Waals surface area (Å²) >= 11 is 2.49. The molecule has 2 aromatic carbocycles. The van der Waals surface area contributed by atoms with Crippen LogP contribution in [0.4, 0.5) is 5.13 Å². The number of carbonyl (C=O) groups is 1. The Morgan fingerprint density at radius 2 is 1.79 bits per heavy atom. The number of carbonyl (C=O) groups excluding carboxylic acids is 1. The number of thioether (sulfide) groups is 1. The molecule has 0 fully saturated rings. The number of amides is 1. The van der Waals surface area contributed by atoms with E-state index in [2.05, 4.69) is 15.5 Å². The van der Waals surface area contributed by atoms with Crippen LogP contribution in [-0.2, 0) is 21.4 Å². The first-order chi connectivity index (χ1) is 13.3. The van der Waals surface area contributed by atoms with Crippen molar-refractivity contribution >= 4 is 44.2 Å². The van der Waals surface area contributed by atoms with Crippen molar-refractivity contribution in [1.29, 1.82) is 0 Å². The summed E-state index contributed by atoms with van der Waals surface area (Å²) in [5.41, 5.74) is 7.20. The Bertz CT molecular complexity index is 1050. The summed E-state index contributed by atoms with van der Waals surface area (Å²) in [6.07, 6.45) is 0. The number of rotatable bonds is 7. The van der Waals surface area contributed by atoms with Crippen molar-refractivity contribution in [1.82, 2.24) is 15.5 Å². The molecule has 11 heteroatoms. The maximum atomic E-state index is 12.8. The van der Waals surface area contributed by atoms with Crippen molar-refractivity contribution in [3.8, 4) is 0 Å². The SMILES string of the molecule is Nc1nnc(S[C@@H](C(=O)NCc2ccc(S(N)(=O)=O)cc2)c2ccccc2)s1. The average Bonchev–Trinajstić information content (AvgIpc) is 3.09. The van der Waals surface area contributed by atoms with Gasteiger partial charge < -0.3 is 11.1 Å². The molecule has 28 heavy (non-hydrogen) atoms. The summed E-state index contributed by atoms with van der Waals surface area (Å²) in [5.74, 6) is -0.208. The minimum atomic E-state index is -3.75. The van der Waals surface area contributed by atoms with Crippen molar-refractivity contribution in [3.63, 3.8) is 0 Å². The van der Waals surface area contributed by atoms with Crippen LogP contribution in [0.3, 0.4) is 0 Å². The van der Waals surface area contributed by atoms with E-state index >= 15 is 0 Å². The van der Waals surface area contributed by atoms with Crippen LogP contribution in [-0.4, -0.2) is 24.5 Å². The molecule has 0 saturated heterocycles. The summed E-state index contributed by atoms with van der Waals surface area (Å²) in [5, 5.41) is 15.5. The Balaban J connectivity index is 1.72. The number of primary sulfonamides is 1. The van der Waals surface area contributed by atoms with Crippen LogP contribution < -0.4 is 16.2 Å². The van der Waals surface area contributed by atoms with Gasteiger partial charge in [-0.25, -0.2) is 13.6 Å². The number of aromatic nitrogens is 2. The van der Waals surface area contributed by atoms with Gasteiger partial charge >= 0.3 is 0 Å². The fourth-order valence-corrected chi connectivity index (χ4v) is 4.72. The van der Waals surface area contributed by atoms with Gasteiger partial charge in [-0.05, 0) is 23.3 Å². The molecule has 0 aliphatic heterocycles. The second-order valence-electron chi connectivity index (χ2n) is 5.72. The average molecular weight is 436 g/mol. The first-order valence-electron chi connectivity index (χ1n) is 8.03. The zero-order valence-electron chi connectivity index (χ0n) is 14.5. The van der Waals surface area contributed by atoms with Crippen LogP contribution in [0.2, 0.25) is 0 Å². The van der Waals surface area contributed by atoms with E-state index in [4.69, 9.17) is 10.9 Å². The molecule has 0 aliphatic rings. The fraction of sp³-hybridized carbons (Fsp3) is 0.118. The zero-order chi connectivity index (χ0) is 20.1. The van der Waals surface area contributed by atoms with Gasteiger partial charge in [0.1, 0.15) is 5.25 Å². The Morgan fingerprint density at radius 1 is 1.11 bits per heavy atom. The van der Waals surface area contributed by atoms with Crippen molar-refractivity contribution in [2.75, 3.05) is 5.73 Å². The molecule has 0 spiro atoms. The third kappa shape index (κ3) is 5.29. The molecular formula is C17H17N5O3S3. The van der Waals surface area contributed by atoms with Gasteiger partial charge in [-0.3, -0.25) is 4.79 Å². The number of nitrogens with zero attached hydrogens (tertiary/aromatic N) is 2. The van der Waals surface area contributed by atoms with E-state index in [1.807, 2.05) is 30.3 Å². The normalized spacial score (nSPS) is 12.5. The first-order valence-corrected chi connectivity index (χ1v) is 11.3. The van der Waals surface area contributed by atoms with Crippen LogP contribution in [0.1, 0.15) is 16.4 Å². The number of anilines is 1. The lowest BCUT2D eigenvalue weighted by atomic mass is 10.1. The number of hydrogen-bond acceptors (Lipinski definition) is 8. The molecule has 5 N–H and O–H groups in total. The third-order valence-corrected chi connectivity index (χ3v) is 6.72. The van der Waals surface area contributed by atoms with Crippen LogP contribution in [0.5, 0.6) is 0 Å². The standard InChI is InChI=1S/C17H17N5O3S3/c18-16-21-22-17(27-16)26-14(12-4-2-1-3-5-12)15(23)20-10-11-6-8-13(9-7-11)28(19,24)25/h1-9,14H,10H2,(H2,18,21)(H,20,23)(H2,19,24,25)/t14-/m1/s1. The highest BCUT2D eigenvalue weighted by molar-refractivity contribution is 8.01. The summed E-state index contributed by atoms with van der Waals surface area (Å²) in [6, 6.07) is 15.3. The molecule has 8 nitrogen and oxygen atoms in total. The Morgan fingerprint density at radius 3 is 2.36 bits per heavy atom. The van der Waals surface area contributed by atoms with Crippen LogP contribution in [0.15, 0.2) is 63.8 Å². The van der Waals surface area contributed by atoms with Crippen LogP contribution in [0, 0.1) is 0 Å². The molecule has 3 rings (SSSR count). The van der Waals surface area contributed by atoms with Crippen LogP contribution in [0.25, 0.3) is 0 Å². The summed E-state index contributed by atoms with van der Waals surface area (Å²) < 4.78 is 23.2. The van der Waals surface area contributed by atoms with Crippen molar-refractivity contribution < 1.29 is 13.2 Å². The van der Waals surface area contributed by atoms with Crippen molar-refractivity contribution in [2.45, 2.75) is 21.0 Å². The highest BCUT2D eigenvalue weighted by Gasteiger charge is 2.23. The van der Waals surface area contributed by atoms with Gasteiger partial charge in [0.2, 0.25) is 21.1 Å². The number of nitrogens with one attached hydrogen (secondary N) is 1. The van der Waals surface area contributed by atoms with Gasteiger partial charge in [0, 0.05) is 6.54 Å². The predicted molar refractivity (Wildman–Crippen MR) is 109 cm³/mol. The molecule has 1 aromatic heterocycles. The molecule has 1 atom stereocenters. The molecule has 0 radical (unpaired) electrons. The molecule has 0 unspecified atom stereocenters. The highest BCUT2D eigenvalue weighted by atomic mass is 32.2. The summed E-state index contributed by atoms with van der Waals surface area (Å²) in [4.78, 5) is 12.9. The van der Waals surface area contributed by atoms with Gasteiger partial charge in [-0.15, -0.1) is 10.2 Å². The van der Waals surface area contributed by atoms with Gasteiger partial charge in [0.05, 0.1) is 4.90 Å². The minimum absolute atomic E-state index is 0.0224. The smallest absolute Gasteiger partial charge is 0.238 e. The van der Waals surface area contributed by atoms with Crippen molar-refractivity contribution in [3.05, 3.63) is 65.7 Å². The predicted octanol–water partition coefficient (Wildman–Crippen LogP) is 1.92. The van der Waals surface area contributed by atoms with E-state index in [0.717, 1.165) is 11.1 Å². The monoisotopic (exact) mass is 435 g/mol. The molecule has 3 aromatic rings. The molecular weight excluding hydrogens is 418 g/mol. The zero-order valence-corrected chi connectivity index (χ0v) is 16.9. The minimum Gasteiger partial charge on any atom is -0.374 e. The maximum absolute atomic E-state index is 12.8. The summed E-state index contributed by atoms with van der Waals surface area (Å²) in [7, 11) is -3.75. The van der Waals surface area contributed by atoms with E-state index in [1.54, 1.807) is 12.1 Å². The van der Waals surface area contributed by atoms with E-state index in [9.17, 15) is 13.2 Å². The molecule has 1 amide bonds. The third-order valence-electron chi connectivity index (χ3n) is 3.70. The van der Waals surface area contributed by atoms with Crippen molar-refractivity contribution in [2.24, 2.45) is 5.14 Å². The number of nitrogens with two attached hydrogens (primary N) is 2. The fourth-order valence-electron chi connectivity index (χ4n) is 2.35. The van der Waals surface area contributed by atoms with E-state index < -0.39 is 15.3 Å². The molecule has 0 bridgehead atoms. The number of nitrogen functional groups attached to an aromatic ring is 1. The largest absolute Gasteiger partial charge is 0.374 e. The van der Waals surface area contributed by atoms with Gasteiger partial charge in [-0.2, -0.15) is 0 Å². The maximum Gasteiger partial charge on any atom is 0.238 e. The molecule has 0 aliphatic carbocycles. The quantitative estimate of drug-likeness (QED) is 0.481. The summed E-state index contributed by atoms with van der Waals surface area (Å²) in [6.45, 7) is 0.242. The van der Waals surface area contributed by atoms with Gasteiger partial charge in [-0.1, -0.05) is 65.6 Å². The number of sulfonamides is 1. The molecule has 0 saturated carbocycles. The van der Waals surface area contributed by atoms with E-state index in [0.29, 0.717) is 9.47 Å². The lowest BCUT2D eigenvalue weighted by Gasteiger charge is -2.15. The first kappa shape index (κ1) is 20.3. The Kier molecular flexibility index (Phi) is 6.29. The Hall–Kier alpha value is -2.47. The number of hydrogen-bond donors (Lipinski definition) is 3. The Labute approximate surface area is 170 Å². The van der Waals surface area contributed by atoms with Crippen LogP contribution >= 0.6 is 23.1 Å².